The van der Waals surface area contributed by atoms with Gasteiger partial charge >= 0.3 is 0 Å². The fraction of sp³-hybridized carbons (Fsp3) is 0.682. The van der Waals surface area contributed by atoms with Crippen LogP contribution >= 0.6 is 0 Å². The molecule has 1 N–H and O–H groups in total. The number of anilines is 1. The number of nitrogens with one attached hydrogen (secondary N) is 1. The quantitative estimate of drug-likeness (QED) is 0.680. The van der Waals surface area contributed by atoms with Crippen LogP contribution in [0, 0.1) is 0 Å². The molecular weight excluding hydrogens is 350 g/mol. The molecule has 0 aliphatic heterocycles. The minimum absolute atomic E-state index is 0.359. The topological polar surface area (TPSA) is 63.2 Å². The lowest BCUT2D eigenvalue weighted by molar-refractivity contribution is 0.256. The molecular formula is C22H35N5O. The molecule has 1 unspecified atom stereocenters. The molecule has 2 heterocycles. The second-order valence-corrected chi connectivity index (χ2v) is 8.30. The van der Waals surface area contributed by atoms with Crippen LogP contribution < -0.4 is 10.1 Å². The average molecular weight is 386 g/mol. The SMILES string of the molecule is CCCC(C)Nc1ncc2c(OCCN(C)C)ncc(C3CCCCC3)c2n1. The number of rotatable bonds is 9. The molecule has 28 heavy (non-hydrogen) atoms. The van der Waals surface area contributed by atoms with Gasteiger partial charge in [-0.3, -0.25) is 0 Å². The minimum Gasteiger partial charge on any atom is -0.476 e. The van der Waals surface area contributed by atoms with Gasteiger partial charge in [0.2, 0.25) is 11.8 Å². The van der Waals surface area contributed by atoms with Gasteiger partial charge in [-0.1, -0.05) is 32.6 Å². The van der Waals surface area contributed by atoms with E-state index in [-0.39, 0.29) is 0 Å². The van der Waals surface area contributed by atoms with Gasteiger partial charge in [-0.15, -0.1) is 0 Å². The van der Waals surface area contributed by atoms with Crippen LogP contribution in [0.1, 0.15) is 70.3 Å². The highest BCUT2D eigenvalue weighted by Gasteiger charge is 2.21. The second kappa shape index (κ2) is 10.0. The van der Waals surface area contributed by atoms with Gasteiger partial charge in [0.25, 0.3) is 0 Å². The maximum atomic E-state index is 5.98. The van der Waals surface area contributed by atoms with E-state index in [1.54, 1.807) is 0 Å². The Labute approximate surface area is 169 Å². The Morgan fingerprint density at radius 3 is 2.68 bits per heavy atom. The van der Waals surface area contributed by atoms with E-state index in [1.807, 2.05) is 26.5 Å². The zero-order chi connectivity index (χ0) is 19.9. The van der Waals surface area contributed by atoms with Crippen molar-refractivity contribution >= 4 is 16.9 Å². The lowest BCUT2D eigenvalue weighted by Crippen LogP contribution is -2.20. The van der Waals surface area contributed by atoms with Crippen LogP contribution in [-0.4, -0.2) is 53.1 Å². The number of hydrogen-bond acceptors (Lipinski definition) is 6. The normalized spacial score (nSPS) is 16.5. The van der Waals surface area contributed by atoms with Crippen LogP contribution in [-0.2, 0) is 0 Å². The standard InChI is InChI=1S/C22H35N5O/c1-5-9-16(2)25-22-24-15-19-20(26-22)18(17-10-7-6-8-11-17)14-23-21(19)28-13-12-27(3)4/h14-17H,5-13H2,1-4H3,(H,24,25,26). The van der Waals surface area contributed by atoms with Crippen molar-refractivity contribution in [1.29, 1.82) is 0 Å². The molecule has 6 nitrogen and oxygen atoms in total. The van der Waals surface area contributed by atoms with Crippen LogP contribution in [0.15, 0.2) is 12.4 Å². The summed E-state index contributed by atoms with van der Waals surface area (Å²) >= 11 is 0. The third kappa shape index (κ3) is 5.31. The van der Waals surface area contributed by atoms with E-state index in [2.05, 4.69) is 34.0 Å². The molecule has 2 aromatic rings. The Bertz CT molecular complexity index is 758. The summed E-state index contributed by atoms with van der Waals surface area (Å²) in [6.07, 6.45) is 12.5. The van der Waals surface area contributed by atoms with Gasteiger partial charge in [0, 0.05) is 30.5 Å². The largest absolute Gasteiger partial charge is 0.476 e. The zero-order valence-corrected chi connectivity index (χ0v) is 17.9. The van der Waals surface area contributed by atoms with Crippen molar-refractivity contribution in [3.8, 4) is 5.88 Å². The molecule has 1 atom stereocenters. The molecule has 3 rings (SSSR count). The monoisotopic (exact) mass is 385 g/mol. The van der Waals surface area contributed by atoms with Crippen molar-refractivity contribution in [3.63, 3.8) is 0 Å². The van der Waals surface area contributed by atoms with Gasteiger partial charge in [-0.05, 0) is 46.2 Å². The molecule has 1 fully saturated rings. The molecule has 2 aromatic heterocycles. The highest BCUT2D eigenvalue weighted by atomic mass is 16.5. The molecule has 0 radical (unpaired) electrons. The van der Waals surface area contributed by atoms with E-state index in [0.717, 1.165) is 30.3 Å². The molecule has 6 heteroatoms. The number of fused-ring (bicyclic) bond motifs is 1. The number of nitrogens with zero attached hydrogens (tertiary/aromatic N) is 4. The van der Waals surface area contributed by atoms with Crippen molar-refractivity contribution in [2.75, 3.05) is 32.6 Å². The fourth-order valence-electron chi connectivity index (χ4n) is 3.96. The summed E-state index contributed by atoms with van der Waals surface area (Å²) in [6.45, 7) is 5.83. The van der Waals surface area contributed by atoms with Crippen molar-refractivity contribution in [3.05, 3.63) is 18.0 Å². The first-order valence-corrected chi connectivity index (χ1v) is 10.8. The highest BCUT2D eigenvalue weighted by molar-refractivity contribution is 5.86. The van der Waals surface area contributed by atoms with E-state index in [4.69, 9.17) is 9.72 Å². The van der Waals surface area contributed by atoms with Crippen LogP contribution in [0.5, 0.6) is 5.88 Å². The van der Waals surface area contributed by atoms with Gasteiger partial charge in [-0.2, -0.15) is 0 Å². The molecule has 0 amide bonds. The predicted octanol–water partition coefficient (Wildman–Crippen LogP) is 4.61. The number of aromatic nitrogens is 3. The van der Waals surface area contributed by atoms with Crippen molar-refractivity contribution < 1.29 is 4.74 Å². The fourth-order valence-corrected chi connectivity index (χ4v) is 3.96. The summed E-state index contributed by atoms with van der Waals surface area (Å²) < 4.78 is 5.98. The number of pyridine rings is 1. The molecule has 1 aliphatic rings. The Balaban J connectivity index is 1.93. The van der Waals surface area contributed by atoms with Crippen LogP contribution in [0.4, 0.5) is 5.95 Å². The van der Waals surface area contributed by atoms with Crippen molar-refractivity contribution in [1.82, 2.24) is 19.9 Å². The average Bonchev–Trinajstić information content (AvgIpc) is 2.68. The first-order valence-electron chi connectivity index (χ1n) is 10.8. The van der Waals surface area contributed by atoms with Crippen molar-refractivity contribution in [2.24, 2.45) is 0 Å². The molecule has 0 saturated heterocycles. The number of likely N-dealkylation sites (N-methyl/N-ethyl adjacent to an activating group) is 1. The summed E-state index contributed by atoms with van der Waals surface area (Å²) in [7, 11) is 4.08. The van der Waals surface area contributed by atoms with E-state index in [9.17, 15) is 0 Å². The van der Waals surface area contributed by atoms with Gasteiger partial charge in [-0.25, -0.2) is 15.0 Å². The van der Waals surface area contributed by atoms with Gasteiger partial charge in [0.05, 0.1) is 10.9 Å². The molecule has 0 aromatic carbocycles. The van der Waals surface area contributed by atoms with Gasteiger partial charge < -0.3 is 15.0 Å². The smallest absolute Gasteiger partial charge is 0.224 e. The summed E-state index contributed by atoms with van der Waals surface area (Å²) in [6, 6.07) is 0.359. The van der Waals surface area contributed by atoms with Crippen LogP contribution in [0.3, 0.4) is 0 Å². The first-order chi connectivity index (χ1) is 13.6. The summed E-state index contributed by atoms with van der Waals surface area (Å²) in [5.41, 5.74) is 2.26. The van der Waals surface area contributed by atoms with E-state index < -0.39 is 0 Å². The number of hydrogen-bond donors (Lipinski definition) is 1. The Morgan fingerprint density at radius 2 is 1.96 bits per heavy atom. The predicted molar refractivity (Wildman–Crippen MR) is 115 cm³/mol. The van der Waals surface area contributed by atoms with Crippen molar-refractivity contribution in [2.45, 2.75) is 70.8 Å². The van der Waals surface area contributed by atoms with E-state index in [1.165, 1.54) is 37.7 Å². The second-order valence-electron chi connectivity index (χ2n) is 8.30. The Hall–Kier alpha value is -1.95. The summed E-state index contributed by atoms with van der Waals surface area (Å²) in [4.78, 5) is 16.3. The Morgan fingerprint density at radius 1 is 1.18 bits per heavy atom. The molecule has 1 saturated carbocycles. The minimum atomic E-state index is 0.359. The lowest BCUT2D eigenvalue weighted by atomic mass is 9.84. The molecule has 0 spiro atoms. The summed E-state index contributed by atoms with van der Waals surface area (Å²) in [5.74, 6) is 1.89. The molecule has 0 bridgehead atoms. The maximum Gasteiger partial charge on any atom is 0.224 e. The molecule has 1 aliphatic carbocycles. The lowest BCUT2D eigenvalue weighted by Gasteiger charge is -2.23. The molecule has 154 valence electrons. The van der Waals surface area contributed by atoms with Crippen LogP contribution in [0.2, 0.25) is 0 Å². The third-order valence-corrected chi connectivity index (χ3v) is 5.53. The first kappa shape index (κ1) is 20.8. The Kier molecular flexibility index (Phi) is 7.43. The zero-order valence-electron chi connectivity index (χ0n) is 17.9. The van der Waals surface area contributed by atoms with Gasteiger partial charge in [0.15, 0.2) is 0 Å². The van der Waals surface area contributed by atoms with E-state index >= 15 is 0 Å². The van der Waals surface area contributed by atoms with Gasteiger partial charge in [0.1, 0.15) is 6.61 Å². The number of ether oxygens (including phenoxy) is 1. The summed E-state index contributed by atoms with van der Waals surface area (Å²) in [5, 5.41) is 4.38. The third-order valence-electron chi connectivity index (χ3n) is 5.53. The van der Waals surface area contributed by atoms with E-state index in [0.29, 0.717) is 30.4 Å². The van der Waals surface area contributed by atoms with Crippen LogP contribution in [0.25, 0.3) is 10.9 Å². The highest BCUT2D eigenvalue weighted by Crippen LogP contribution is 2.37. The maximum absolute atomic E-state index is 5.98.